The third kappa shape index (κ3) is 3.39. The van der Waals surface area contributed by atoms with Gasteiger partial charge in [-0.1, -0.05) is 12.1 Å². The van der Waals surface area contributed by atoms with Crippen LogP contribution in [0.1, 0.15) is 10.4 Å². The number of nitrogens with zero attached hydrogens (tertiary/aromatic N) is 1. The number of piperazine rings is 1. The zero-order valence-corrected chi connectivity index (χ0v) is 14.0. The maximum Gasteiger partial charge on any atom is 0.255 e. The highest BCUT2D eigenvalue weighted by Crippen LogP contribution is 2.32. The van der Waals surface area contributed by atoms with Crippen molar-refractivity contribution in [2.75, 3.05) is 49.6 Å². The molecule has 2 heterocycles. The molecule has 2 aliphatic heterocycles. The highest BCUT2D eigenvalue weighted by atomic mass is 16.6. The number of hydrogen-bond donors (Lipinski definition) is 2. The van der Waals surface area contributed by atoms with Crippen LogP contribution in [0.2, 0.25) is 0 Å². The van der Waals surface area contributed by atoms with E-state index in [1.54, 1.807) is 18.2 Å². The molecule has 2 aromatic rings. The second kappa shape index (κ2) is 7.03. The first kappa shape index (κ1) is 15.8. The topological polar surface area (TPSA) is 62.8 Å². The van der Waals surface area contributed by atoms with Gasteiger partial charge in [0, 0.05) is 31.7 Å². The van der Waals surface area contributed by atoms with Gasteiger partial charge in [-0.05, 0) is 30.3 Å². The number of hydrogen-bond acceptors (Lipinski definition) is 5. The maximum absolute atomic E-state index is 12.7. The summed E-state index contributed by atoms with van der Waals surface area (Å²) in [6.45, 7) is 4.79. The molecule has 0 saturated carbocycles. The number of para-hydroxylation sites is 2. The summed E-state index contributed by atoms with van der Waals surface area (Å²) in [5.74, 6) is 1.15. The molecule has 2 aromatic carbocycles. The van der Waals surface area contributed by atoms with Gasteiger partial charge in [0.25, 0.3) is 5.91 Å². The van der Waals surface area contributed by atoms with Crippen LogP contribution in [-0.4, -0.2) is 45.3 Å². The quantitative estimate of drug-likeness (QED) is 0.897. The number of rotatable bonds is 3. The van der Waals surface area contributed by atoms with Gasteiger partial charge in [-0.25, -0.2) is 0 Å². The Kier molecular flexibility index (Phi) is 4.43. The predicted molar refractivity (Wildman–Crippen MR) is 96.9 cm³/mol. The molecule has 0 radical (unpaired) electrons. The summed E-state index contributed by atoms with van der Waals surface area (Å²) in [6.07, 6.45) is 0. The molecule has 0 unspecified atom stereocenters. The van der Waals surface area contributed by atoms with Crippen molar-refractivity contribution < 1.29 is 14.3 Å². The van der Waals surface area contributed by atoms with E-state index in [2.05, 4.69) is 15.5 Å². The average Bonchev–Trinajstić information content (AvgIpc) is 2.68. The fourth-order valence-corrected chi connectivity index (χ4v) is 3.14. The molecule has 0 aromatic heterocycles. The molecule has 0 aliphatic carbocycles. The molecule has 4 rings (SSSR count). The van der Waals surface area contributed by atoms with Crippen LogP contribution in [0.5, 0.6) is 11.5 Å². The monoisotopic (exact) mass is 339 g/mol. The fraction of sp³-hybridized carbons (Fsp3) is 0.316. The van der Waals surface area contributed by atoms with Gasteiger partial charge in [-0.2, -0.15) is 0 Å². The number of amides is 1. The summed E-state index contributed by atoms with van der Waals surface area (Å²) in [5, 5.41) is 6.38. The molecule has 0 spiro atoms. The van der Waals surface area contributed by atoms with Crippen molar-refractivity contribution in [3.05, 3.63) is 48.0 Å². The van der Waals surface area contributed by atoms with Gasteiger partial charge in [-0.3, -0.25) is 4.79 Å². The lowest BCUT2D eigenvalue weighted by Crippen LogP contribution is -2.43. The van der Waals surface area contributed by atoms with Crippen LogP contribution in [-0.2, 0) is 0 Å². The number of carbonyl (C=O) groups is 1. The number of fused-ring (bicyclic) bond motifs is 1. The summed E-state index contributed by atoms with van der Waals surface area (Å²) < 4.78 is 11.1. The Hall–Kier alpha value is -2.73. The molecule has 0 atom stereocenters. The van der Waals surface area contributed by atoms with Crippen molar-refractivity contribution in [3.63, 3.8) is 0 Å². The van der Waals surface area contributed by atoms with E-state index in [1.807, 2.05) is 24.3 Å². The Morgan fingerprint density at radius 3 is 2.60 bits per heavy atom. The van der Waals surface area contributed by atoms with Crippen molar-refractivity contribution in [3.8, 4) is 11.5 Å². The first-order valence-corrected chi connectivity index (χ1v) is 8.57. The van der Waals surface area contributed by atoms with Crippen molar-refractivity contribution in [1.29, 1.82) is 0 Å². The third-order valence-electron chi connectivity index (χ3n) is 4.41. The summed E-state index contributed by atoms with van der Waals surface area (Å²) in [5.41, 5.74) is 2.43. The molecular weight excluding hydrogens is 318 g/mol. The lowest BCUT2D eigenvalue weighted by Gasteiger charge is -2.31. The van der Waals surface area contributed by atoms with Crippen LogP contribution in [0.25, 0.3) is 0 Å². The van der Waals surface area contributed by atoms with Crippen molar-refractivity contribution in [2.24, 2.45) is 0 Å². The smallest absolute Gasteiger partial charge is 0.255 e. The lowest BCUT2D eigenvalue weighted by atomic mass is 10.1. The number of nitrogens with one attached hydrogen (secondary N) is 2. The van der Waals surface area contributed by atoms with Crippen molar-refractivity contribution in [2.45, 2.75) is 0 Å². The van der Waals surface area contributed by atoms with Crippen LogP contribution in [0.15, 0.2) is 42.5 Å². The van der Waals surface area contributed by atoms with Crippen LogP contribution >= 0.6 is 0 Å². The van der Waals surface area contributed by atoms with Gasteiger partial charge < -0.3 is 25.0 Å². The summed E-state index contributed by atoms with van der Waals surface area (Å²) in [4.78, 5) is 15.0. The Bertz CT molecular complexity index is 772. The molecule has 1 fully saturated rings. The SMILES string of the molecule is O=C(Nc1ccccc1N1CCNCC1)c1ccc2c(c1)OCCO2. The van der Waals surface area contributed by atoms with Gasteiger partial charge >= 0.3 is 0 Å². The molecule has 1 amide bonds. The molecular formula is C19H21N3O3. The first-order chi connectivity index (χ1) is 12.3. The zero-order chi connectivity index (χ0) is 17.1. The maximum atomic E-state index is 12.7. The van der Waals surface area contributed by atoms with E-state index in [4.69, 9.17) is 9.47 Å². The molecule has 2 N–H and O–H groups in total. The van der Waals surface area contributed by atoms with Crippen molar-refractivity contribution >= 4 is 17.3 Å². The minimum atomic E-state index is -0.153. The molecule has 6 nitrogen and oxygen atoms in total. The lowest BCUT2D eigenvalue weighted by molar-refractivity contribution is 0.102. The van der Waals surface area contributed by atoms with Crippen LogP contribution in [0, 0.1) is 0 Å². The first-order valence-electron chi connectivity index (χ1n) is 8.57. The van der Waals surface area contributed by atoms with E-state index >= 15 is 0 Å². The Morgan fingerprint density at radius 1 is 1.00 bits per heavy atom. The molecule has 0 bridgehead atoms. The van der Waals surface area contributed by atoms with Gasteiger partial charge in [-0.15, -0.1) is 0 Å². The van der Waals surface area contributed by atoms with E-state index in [9.17, 15) is 4.79 Å². The second-order valence-electron chi connectivity index (χ2n) is 6.07. The van der Waals surface area contributed by atoms with Crippen LogP contribution < -0.4 is 25.0 Å². The van der Waals surface area contributed by atoms with E-state index in [1.165, 1.54) is 0 Å². The number of carbonyl (C=O) groups excluding carboxylic acids is 1. The molecule has 130 valence electrons. The molecule has 25 heavy (non-hydrogen) atoms. The third-order valence-corrected chi connectivity index (χ3v) is 4.41. The Balaban J connectivity index is 1.55. The minimum Gasteiger partial charge on any atom is -0.486 e. The number of ether oxygens (including phenoxy) is 2. The standard InChI is InChI=1S/C19H21N3O3/c23-19(14-5-6-17-18(13-14)25-12-11-24-17)21-15-3-1-2-4-16(15)22-9-7-20-8-10-22/h1-6,13,20H,7-12H2,(H,21,23). The summed E-state index contributed by atoms with van der Waals surface area (Å²) in [7, 11) is 0. The average molecular weight is 339 g/mol. The second-order valence-corrected chi connectivity index (χ2v) is 6.07. The van der Waals surface area contributed by atoms with Gasteiger partial charge in [0.1, 0.15) is 13.2 Å². The predicted octanol–water partition coefficient (Wildman–Crippen LogP) is 2.12. The van der Waals surface area contributed by atoms with Gasteiger partial charge in [0.05, 0.1) is 11.4 Å². The van der Waals surface area contributed by atoms with Crippen LogP contribution in [0.4, 0.5) is 11.4 Å². The van der Waals surface area contributed by atoms with Crippen molar-refractivity contribution in [1.82, 2.24) is 5.32 Å². The fourth-order valence-electron chi connectivity index (χ4n) is 3.14. The zero-order valence-electron chi connectivity index (χ0n) is 14.0. The number of benzene rings is 2. The van der Waals surface area contributed by atoms with E-state index in [0.29, 0.717) is 30.3 Å². The highest BCUT2D eigenvalue weighted by Gasteiger charge is 2.18. The summed E-state index contributed by atoms with van der Waals surface area (Å²) >= 11 is 0. The Morgan fingerprint density at radius 2 is 1.76 bits per heavy atom. The molecule has 2 aliphatic rings. The van der Waals surface area contributed by atoms with E-state index in [0.717, 1.165) is 37.6 Å². The van der Waals surface area contributed by atoms with Gasteiger partial charge in [0.2, 0.25) is 0 Å². The summed E-state index contributed by atoms with van der Waals surface area (Å²) in [6, 6.07) is 13.2. The van der Waals surface area contributed by atoms with E-state index in [-0.39, 0.29) is 5.91 Å². The Labute approximate surface area is 146 Å². The largest absolute Gasteiger partial charge is 0.486 e. The molecule has 6 heteroatoms. The van der Waals surface area contributed by atoms with Crippen LogP contribution in [0.3, 0.4) is 0 Å². The van der Waals surface area contributed by atoms with E-state index < -0.39 is 0 Å². The molecule has 1 saturated heterocycles. The number of anilines is 2. The highest BCUT2D eigenvalue weighted by molar-refractivity contribution is 6.06. The normalized spacial score (nSPS) is 16.4. The van der Waals surface area contributed by atoms with Gasteiger partial charge in [0.15, 0.2) is 11.5 Å². The minimum absolute atomic E-state index is 0.153.